The zero-order chi connectivity index (χ0) is 50.8. The topological polar surface area (TPSA) is 33.5 Å². The molecular formula is C68H67N4OPt-3. The van der Waals surface area contributed by atoms with Crippen molar-refractivity contribution in [2.75, 3.05) is 9.80 Å². The fraction of sp³-hybridized carbons (Fsp3) is 0.294. The number of nitrogens with zero attached hydrogens (tertiary/aromatic N) is 4. The average Bonchev–Trinajstić information content (AvgIpc) is 3.93. The quantitative estimate of drug-likeness (QED) is 0.149. The van der Waals surface area contributed by atoms with Crippen LogP contribution in [0.15, 0.2) is 152 Å². The second-order valence-corrected chi connectivity index (χ2v) is 24.7. The maximum Gasteiger partial charge on any atom is 0.135 e. The Balaban J connectivity index is 0.00000588. The predicted octanol–water partition coefficient (Wildman–Crippen LogP) is 18.3. The summed E-state index contributed by atoms with van der Waals surface area (Å²) >= 11 is 0. The average molecular weight is 1150 g/mol. The zero-order valence-corrected chi connectivity index (χ0v) is 47.1. The Morgan fingerprint density at radius 2 is 1.08 bits per heavy atom. The van der Waals surface area contributed by atoms with Crippen molar-refractivity contribution in [3.8, 4) is 39.6 Å². The fourth-order valence-corrected chi connectivity index (χ4v) is 12.2. The van der Waals surface area contributed by atoms with Crippen LogP contribution in [-0.4, -0.2) is 9.55 Å². The molecule has 6 heteroatoms. The minimum absolute atomic E-state index is 0. The summed E-state index contributed by atoms with van der Waals surface area (Å²) < 4.78 is 8.97. The van der Waals surface area contributed by atoms with Gasteiger partial charge in [0.25, 0.3) is 0 Å². The minimum atomic E-state index is -0.0295. The number of ether oxygens (including phenoxy) is 1. The first-order chi connectivity index (χ1) is 34.8. The van der Waals surface area contributed by atoms with E-state index in [9.17, 15) is 0 Å². The zero-order valence-electron chi connectivity index (χ0n) is 44.9. The van der Waals surface area contributed by atoms with E-state index in [0.717, 1.165) is 63.2 Å². The number of rotatable bonds is 7. The molecule has 0 N–H and O–H groups in total. The summed E-state index contributed by atoms with van der Waals surface area (Å²) in [4.78, 5) is 9.58. The van der Waals surface area contributed by atoms with Crippen LogP contribution in [0, 0.1) is 18.8 Å². The molecule has 0 radical (unpaired) electrons. The summed E-state index contributed by atoms with van der Waals surface area (Å²) in [5.41, 5.74) is 18.5. The Kier molecular flexibility index (Phi) is 12.0. The first kappa shape index (κ1) is 49.8. The van der Waals surface area contributed by atoms with Crippen molar-refractivity contribution in [2.24, 2.45) is 0 Å². The van der Waals surface area contributed by atoms with E-state index in [2.05, 4.69) is 243 Å². The van der Waals surface area contributed by atoms with Gasteiger partial charge in [0.1, 0.15) is 5.82 Å². The fourth-order valence-electron chi connectivity index (χ4n) is 12.2. The molecule has 74 heavy (non-hydrogen) atoms. The molecule has 0 fully saturated rings. The van der Waals surface area contributed by atoms with Gasteiger partial charge in [0.15, 0.2) is 0 Å². The van der Waals surface area contributed by atoms with E-state index in [-0.39, 0.29) is 48.1 Å². The van der Waals surface area contributed by atoms with Crippen LogP contribution in [0.2, 0.25) is 0 Å². The molecule has 12 rings (SSSR count). The first-order valence-corrected chi connectivity index (χ1v) is 26.4. The summed E-state index contributed by atoms with van der Waals surface area (Å²) in [6.07, 6.45) is 6.59. The number of anilines is 4. The Labute approximate surface area is 453 Å². The summed E-state index contributed by atoms with van der Waals surface area (Å²) in [6, 6.07) is 60.8. The van der Waals surface area contributed by atoms with E-state index in [4.69, 9.17) is 9.72 Å². The molecule has 378 valence electrons. The molecule has 9 aromatic rings. The Bertz CT molecular complexity index is 3560. The van der Waals surface area contributed by atoms with Gasteiger partial charge in [-0.25, -0.2) is 4.98 Å². The Hall–Kier alpha value is -6.42. The van der Waals surface area contributed by atoms with Gasteiger partial charge >= 0.3 is 0 Å². The molecule has 5 nitrogen and oxygen atoms in total. The van der Waals surface area contributed by atoms with E-state index in [1.807, 2.05) is 18.3 Å². The van der Waals surface area contributed by atoms with Gasteiger partial charge in [-0.15, -0.1) is 48.1 Å². The number of aromatic nitrogens is 2. The van der Waals surface area contributed by atoms with Gasteiger partial charge in [-0.05, 0) is 127 Å². The summed E-state index contributed by atoms with van der Waals surface area (Å²) in [7, 11) is 0. The van der Waals surface area contributed by atoms with Gasteiger partial charge in [-0.3, -0.25) is 0 Å². The van der Waals surface area contributed by atoms with Crippen molar-refractivity contribution in [3.05, 3.63) is 198 Å². The molecule has 3 aliphatic rings. The van der Waals surface area contributed by atoms with Gasteiger partial charge in [0.2, 0.25) is 0 Å². The third kappa shape index (κ3) is 8.39. The third-order valence-electron chi connectivity index (χ3n) is 16.9. The minimum Gasteiger partial charge on any atom is -0.509 e. The van der Waals surface area contributed by atoms with Crippen molar-refractivity contribution < 1.29 is 25.8 Å². The number of pyridine rings is 1. The molecule has 0 spiro atoms. The SMILES string of the molecule is CC(C)(C)c1ccnc(-n2c3[c-]c(Oc4[c-]c(N5[CH-]N(c6c(-c7ccc8c(c7)C(C)(C)CCC8(C)C)cccc6-c6ccc7c(c6)C(C)(C)CCC7(C)C)c6ccccc65)ccc4)ccc3c3ccccc32)c1.[Pt]. The monoisotopic (exact) mass is 1150 g/mol. The first-order valence-electron chi connectivity index (χ1n) is 26.4. The smallest absolute Gasteiger partial charge is 0.135 e. The normalized spacial score (nSPS) is 17.1. The molecule has 0 bridgehead atoms. The Morgan fingerprint density at radius 1 is 0.527 bits per heavy atom. The van der Waals surface area contributed by atoms with Crippen LogP contribution in [0.4, 0.5) is 22.7 Å². The van der Waals surface area contributed by atoms with Gasteiger partial charge in [0, 0.05) is 72.5 Å². The van der Waals surface area contributed by atoms with Gasteiger partial charge in [-0.2, -0.15) is 12.1 Å². The number of hydrogen-bond donors (Lipinski definition) is 0. The summed E-state index contributed by atoms with van der Waals surface area (Å²) in [6.45, 7) is 28.3. The van der Waals surface area contributed by atoms with Crippen molar-refractivity contribution >= 4 is 44.6 Å². The molecule has 3 heterocycles. The van der Waals surface area contributed by atoms with E-state index in [1.54, 1.807) is 0 Å². The van der Waals surface area contributed by atoms with Gasteiger partial charge < -0.3 is 19.1 Å². The van der Waals surface area contributed by atoms with Crippen LogP contribution >= 0.6 is 0 Å². The van der Waals surface area contributed by atoms with E-state index in [1.165, 1.54) is 62.9 Å². The number of fused-ring (bicyclic) bond motifs is 6. The van der Waals surface area contributed by atoms with Crippen molar-refractivity contribution in [1.82, 2.24) is 9.55 Å². The molecule has 0 saturated carbocycles. The van der Waals surface area contributed by atoms with Gasteiger partial charge in [0.05, 0.1) is 0 Å². The third-order valence-corrected chi connectivity index (χ3v) is 16.9. The largest absolute Gasteiger partial charge is 0.509 e. The molecule has 0 unspecified atom stereocenters. The number of para-hydroxylation sites is 4. The van der Waals surface area contributed by atoms with E-state index >= 15 is 0 Å². The van der Waals surface area contributed by atoms with Crippen LogP contribution in [0.1, 0.15) is 130 Å². The van der Waals surface area contributed by atoms with Gasteiger partial charge in [-0.1, -0.05) is 167 Å². The molecule has 7 aromatic carbocycles. The summed E-state index contributed by atoms with van der Waals surface area (Å²) in [5, 5.41) is 2.24. The second-order valence-electron chi connectivity index (χ2n) is 24.7. The van der Waals surface area contributed by atoms with Crippen LogP contribution in [-0.2, 0) is 48.1 Å². The molecule has 1 aliphatic heterocycles. The molecule has 0 amide bonds. The molecule has 0 atom stereocenters. The number of hydrogen-bond acceptors (Lipinski definition) is 4. The number of benzene rings is 7. The molecule has 0 saturated heterocycles. The molecule has 2 aromatic heterocycles. The Morgan fingerprint density at radius 3 is 1.70 bits per heavy atom. The maximum absolute atomic E-state index is 6.76. The molecular weight excluding hydrogens is 1080 g/mol. The maximum atomic E-state index is 6.76. The standard InChI is InChI=1S/C68H67N4O.Pt/c1-64(2,3)46-32-37-69-62(40-46)72-58-23-13-12-20-52(58)53-29-28-49(42-61(53)72)73-48-19-16-18-47(41-48)70-43-71(60-25-15-14-24-59(60)70)63-50(44-26-30-54-56(38-44)67(8,9)35-33-65(54,4)5)21-17-22-51(63)45-27-31-55-57(39-45)68(10,11)36-34-66(55,6)7;/h12-32,37-40,43H,33-36H2,1-11H3;/q-3;. The van der Waals surface area contributed by atoms with Crippen molar-refractivity contribution in [2.45, 2.75) is 129 Å². The van der Waals surface area contributed by atoms with Crippen LogP contribution in [0.5, 0.6) is 11.5 Å². The van der Waals surface area contributed by atoms with E-state index in [0.29, 0.717) is 11.5 Å². The van der Waals surface area contributed by atoms with Crippen LogP contribution in [0.3, 0.4) is 0 Å². The van der Waals surface area contributed by atoms with E-state index < -0.39 is 0 Å². The molecule has 2 aliphatic carbocycles. The summed E-state index contributed by atoms with van der Waals surface area (Å²) in [5.74, 6) is 2.07. The van der Waals surface area contributed by atoms with Crippen LogP contribution in [0.25, 0.3) is 49.9 Å². The van der Waals surface area contributed by atoms with Crippen LogP contribution < -0.4 is 14.5 Å². The predicted molar refractivity (Wildman–Crippen MR) is 304 cm³/mol. The van der Waals surface area contributed by atoms with Crippen molar-refractivity contribution in [1.29, 1.82) is 0 Å². The second kappa shape index (κ2) is 17.9. The van der Waals surface area contributed by atoms with Crippen molar-refractivity contribution in [3.63, 3.8) is 0 Å².